The SMILES string of the molecule is CC.O=c1cc(-c2ccc3[nH]ncc3c2)cc(-c2ccccc2)[nH]1. The second-order valence-electron chi connectivity index (χ2n) is 5.19. The van der Waals surface area contributed by atoms with Gasteiger partial charge in [0, 0.05) is 17.1 Å². The summed E-state index contributed by atoms with van der Waals surface area (Å²) in [6.45, 7) is 4.00. The van der Waals surface area contributed by atoms with Crippen LogP contribution in [0.5, 0.6) is 0 Å². The van der Waals surface area contributed by atoms with Crippen LogP contribution in [0.3, 0.4) is 0 Å². The maximum Gasteiger partial charge on any atom is 0.249 e. The van der Waals surface area contributed by atoms with Gasteiger partial charge >= 0.3 is 0 Å². The van der Waals surface area contributed by atoms with Crippen LogP contribution in [0, 0.1) is 0 Å². The second kappa shape index (κ2) is 6.96. The maximum absolute atomic E-state index is 12.0. The van der Waals surface area contributed by atoms with E-state index >= 15 is 0 Å². The summed E-state index contributed by atoms with van der Waals surface area (Å²) in [6.07, 6.45) is 1.78. The molecule has 0 aliphatic heterocycles. The molecule has 0 radical (unpaired) electrons. The molecule has 0 aliphatic rings. The number of nitrogens with zero attached hydrogens (tertiary/aromatic N) is 1. The van der Waals surface area contributed by atoms with Crippen molar-refractivity contribution in [3.8, 4) is 22.4 Å². The Bertz CT molecular complexity index is 1000. The van der Waals surface area contributed by atoms with Gasteiger partial charge in [-0.25, -0.2) is 0 Å². The first kappa shape index (κ1) is 15.7. The molecule has 0 atom stereocenters. The standard InChI is InChI=1S/C18H13N3O.C2H6/c22-18-10-14(9-17(20-18)12-4-2-1-3-5-12)13-6-7-16-15(8-13)11-19-21-16;1-2/h1-11H,(H,19,21)(H,20,22);1-2H3. The van der Waals surface area contributed by atoms with Crippen molar-refractivity contribution in [1.29, 1.82) is 0 Å². The van der Waals surface area contributed by atoms with Gasteiger partial charge in [-0.15, -0.1) is 0 Å². The highest BCUT2D eigenvalue weighted by molar-refractivity contribution is 5.84. The molecule has 24 heavy (non-hydrogen) atoms. The number of aromatic nitrogens is 3. The number of nitrogens with one attached hydrogen (secondary N) is 2. The van der Waals surface area contributed by atoms with Gasteiger partial charge in [0.05, 0.1) is 11.7 Å². The van der Waals surface area contributed by atoms with Crippen molar-refractivity contribution in [2.75, 3.05) is 0 Å². The Hall–Kier alpha value is -3.14. The van der Waals surface area contributed by atoms with Gasteiger partial charge in [-0.3, -0.25) is 9.89 Å². The van der Waals surface area contributed by atoms with Gasteiger partial charge in [0.15, 0.2) is 0 Å². The van der Waals surface area contributed by atoms with Crippen LogP contribution in [0.1, 0.15) is 13.8 Å². The van der Waals surface area contributed by atoms with Crippen molar-refractivity contribution in [2.45, 2.75) is 13.8 Å². The first-order chi connectivity index (χ1) is 11.8. The summed E-state index contributed by atoms with van der Waals surface area (Å²) in [5, 5.41) is 7.98. The third-order valence-electron chi connectivity index (χ3n) is 3.70. The molecular weight excluding hydrogens is 298 g/mol. The minimum Gasteiger partial charge on any atom is -0.322 e. The van der Waals surface area contributed by atoms with E-state index in [4.69, 9.17) is 0 Å². The molecule has 2 aromatic heterocycles. The first-order valence-electron chi connectivity index (χ1n) is 8.03. The second-order valence-corrected chi connectivity index (χ2v) is 5.19. The van der Waals surface area contributed by atoms with Gasteiger partial charge in [0.1, 0.15) is 0 Å². The Morgan fingerprint density at radius 3 is 2.42 bits per heavy atom. The fraction of sp³-hybridized carbons (Fsp3) is 0.100. The van der Waals surface area contributed by atoms with Crippen LogP contribution in [-0.2, 0) is 0 Å². The van der Waals surface area contributed by atoms with Crippen LogP contribution in [0.4, 0.5) is 0 Å². The third-order valence-corrected chi connectivity index (χ3v) is 3.70. The van der Waals surface area contributed by atoms with E-state index in [1.807, 2.05) is 68.4 Å². The van der Waals surface area contributed by atoms with Crippen LogP contribution in [0.2, 0.25) is 0 Å². The number of benzene rings is 2. The topological polar surface area (TPSA) is 61.5 Å². The first-order valence-corrected chi connectivity index (χ1v) is 8.03. The lowest BCUT2D eigenvalue weighted by Crippen LogP contribution is -2.05. The molecule has 4 rings (SSSR count). The van der Waals surface area contributed by atoms with E-state index in [1.54, 1.807) is 12.3 Å². The lowest BCUT2D eigenvalue weighted by molar-refractivity contribution is 1.12. The quantitative estimate of drug-likeness (QED) is 0.567. The van der Waals surface area contributed by atoms with Crippen molar-refractivity contribution in [1.82, 2.24) is 15.2 Å². The molecule has 2 heterocycles. The zero-order chi connectivity index (χ0) is 16.9. The van der Waals surface area contributed by atoms with Crippen molar-refractivity contribution in [3.63, 3.8) is 0 Å². The maximum atomic E-state index is 12.0. The number of aromatic amines is 2. The Balaban J connectivity index is 0.000000815. The molecule has 4 nitrogen and oxygen atoms in total. The smallest absolute Gasteiger partial charge is 0.249 e. The summed E-state index contributed by atoms with van der Waals surface area (Å²) < 4.78 is 0. The summed E-state index contributed by atoms with van der Waals surface area (Å²) in [4.78, 5) is 14.9. The van der Waals surface area contributed by atoms with E-state index in [9.17, 15) is 4.79 Å². The van der Waals surface area contributed by atoms with Crippen LogP contribution in [0.25, 0.3) is 33.3 Å². The average Bonchev–Trinajstić information content (AvgIpc) is 3.11. The fourth-order valence-electron chi connectivity index (χ4n) is 2.61. The highest BCUT2D eigenvalue weighted by Crippen LogP contribution is 2.25. The molecule has 4 aromatic rings. The van der Waals surface area contributed by atoms with E-state index in [2.05, 4.69) is 15.2 Å². The van der Waals surface area contributed by atoms with Crippen molar-refractivity contribution >= 4 is 10.9 Å². The van der Waals surface area contributed by atoms with E-state index in [0.717, 1.165) is 33.3 Å². The van der Waals surface area contributed by atoms with Crippen molar-refractivity contribution in [3.05, 3.63) is 77.2 Å². The summed E-state index contributed by atoms with van der Waals surface area (Å²) in [6, 6.07) is 19.4. The van der Waals surface area contributed by atoms with Gasteiger partial charge in [-0.1, -0.05) is 50.2 Å². The largest absolute Gasteiger partial charge is 0.322 e. The van der Waals surface area contributed by atoms with Crippen LogP contribution in [-0.4, -0.2) is 15.2 Å². The number of pyridine rings is 1. The highest BCUT2D eigenvalue weighted by atomic mass is 16.1. The predicted octanol–water partition coefficient (Wildman–Crippen LogP) is 4.61. The van der Waals surface area contributed by atoms with Crippen LogP contribution in [0.15, 0.2) is 71.7 Å². The number of H-pyrrole nitrogens is 2. The molecule has 0 saturated carbocycles. The zero-order valence-corrected chi connectivity index (χ0v) is 13.7. The molecular formula is C20H19N3O. The zero-order valence-electron chi connectivity index (χ0n) is 13.7. The Labute approximate surface area is 140 Å². The fourth-order valence-corrected chi connectivity index (χ4v) is 2.61. The molecule has 0 saturated heterocycles. The Morgan fingerprint density at radius 2 is 1.62 bits per heavy atom. The molecule has 4 heteroatoms. The van der Waals surface area contributed by atoms with E-state index in [1.165, 1.54) is 0 Å². The van der Waals surface area contributed by atoms with Gasteiger partial charge in [-0.2, -0.15) is 5.10 Å². The Morgan fingerprint density at radius 1 is 0.833 bits per heavy atom. The molecule has 0 spiro atoms. The van der Waals surface area contributed by atoms with Crippen molar-refractivity contribution < 1.29 is 0 Å². The highest BCUT2D eigenvalue weighted by Gasteiger charge is 2.05. The number of rotatable bonds is 2. The molecule has 2 aromatic carbocycles. The van der Waals surface area contributed by atoms with Gasteiger partial charge in [0.2, 0.25) is 5.56 Å². The number of hydrogen-bond donors (Lipinski definition) is 2. The molecule has 0 aliphatic carbocycles. The molecule has 2 N–H and O–H groups in total. The minimum atomic E-state index is -0.108. The summed E-state index contributed by atoms with van der Waals surface area (Å²) >= 11 is 0. The molecule has 0 fully saturated rings. The lowest BCUT2D eigenvalue weighted by Gasteiger charge is -2.06. The summed E-state index contributed by atoms with van der Waals surface area (Å²) in [5.74, 6) is 0. The minimum absolute atomic E-state index is 0.108. The number of fused-ring (bicyclic) bond motifs is 1. The molecule has 120 valence electrons. The normalized spacial score (nSPS) is 10.2. The van der Waals surface area contributed by atoms with Crippen molar-refractivity contribution in [2.24, 2.45) is 0 Å². The molecule has 0 amide bonds. The average molecular weight is 317 g/mol. The van der Waals surface area contributed by atoms with Gasteiger partial charge in [0.25, 0.3) is 0 Å². The molecule has 0 unspecified atom stereocenters. The van der Waals surface area contributed by atoms with E-state index in [0.29, 0.717) is 0 Å². The van der Waals surface area contributed by atoms with Gasteiger partial charge in [-0.05, 0) is 34.9 Å². The summed E-state index contributed by atoms with van der Waals surface area (Å²) in [7, 11) is 0. The monoisotopic (exact) mass is 317 g/mol. The number of hydrogen-bond acceptors (Lipinski definition) is 2. The predicted molar refractivity (Wildman–Crippen MR) is 98.9 cm³/mol. The van der Waals surface area contributed by atoms with E-state index in [-0.39, 0.29) is 5.56 Å². The van der Waals surface area contributed by atoms with Crippen LogP contribution >= 0.6 is 0 Å². The third kappa shape index (κ3) is 3.13. The van der Waals surface area contributed by atoms with E-state index < -0.39 is 0 Å². The van der Waals surface area contributed by atoms with Gasteiger partial charge < -0.3 is 4.98 Å². The Kier molecular flexibility index (Phi) is 4.57. The summed E-state index contributed by atoms with van der Waals surface area (Å²) in [5.41, 5.74) is 4.57. The van der Waals surface area contributed by atoms with Crippen LogP contribution < -0.4 is 5.56 Å². The molecule has 0 bridgehead atoms. The lowest BCUT2D eigenvalue weighted by atomic mass is 10.0.